The summed E-state index contributed by atoms with van der Waals surface area (Å²) in [7, 11) is 0. The van der Waals surface area contributed by atoms with Gasteiger partial charge in [0.05, 0.1) is 0 Å². The summed E-state index contributed by atoms with van der Waals surface area (Å²) >= 11 is 5.93. The summed E-state index contributed by atoms with van der Waals surface area (Å²) in [6, 6.07) is 8.40. The number of rotatable bonds is 2. The third-order valence-corrected chi connectivity index (χ3v) is 3.97. The second-order valence-electron chi connectivity index (χ2n) is 4.51. The molecule has 0 amide bonds. The highest BCUT2D eigenvalue weighted by Gasteiger charge is 2.31. The molecule has 0 aliphatic heterocycles. The maximum absolute atomic E-state index is 5.93. The lowest BCUT2D eigenvalue weighted by atomic mass is 9.68. The molecule has 0 nitrogen and oxygen atoms in total. The molecule has 1 aromatic rings. The fourth-order valence-electron chi connectivity index (χ4n) is 2.71. The van der Waals surface area contributed by atoms with Crippen LogP contribution in [-0.2, 0) is 5.41 Å². The van der Waals surface area contributed by atoms with Crippen LogP contribution in [0.3, 0.4) is 0 Å². The Hall–Kier alpha value is -0.490. The molecule has 0 unspecified atom stereocenters. The van der Waals surface area contributed by atoms with Crippen molar-refractivity contribution in [3.05, 3.63) is 41.3 Å². The van der Waals surface area contributed by atoms with E-state index >= 15 is 0 Å². The Morgan fingerprint density at radius 2 is 1.67 bits per heavy atom. The van der Waals surface area contributed by atoms with E-state index in [1.807, 2.05) is 12.1 Å². The van der Waals surface area contributed by atoms with E-state index in [1.165, 1.54) is 37.7 Å². The number of halogens is 1. The summed E-state index contributed by atoms with van der Waals surface area (Å²) < 4.78 is 0. The van der Waals surface area contributed by atoms with Crippen LogP contribution in [0.15, 0.2) is 24.3 Å². The summed E-state index contributed by atoms with van der Waals surface area (Å²) in [5, 5.41) is 0.834. The Morgan fingerprint density at radius 1 is 1.07 bits per heavy atom. The molecule has 0 heterocycles. The largest absolute Gasteiger partial charge is 0.0843 e. The van der Waals surface area contributed by atoms with Crippen LogP contribution >= 0.6 is 11.6 Å². The van der Waals surface area contributed by atoms with Gasteiger partial charge in [0.2, 0.25) is 0 Å². The molecule has 1 aromatic carbocycles. The van der Waals surface area contributed by atoms with Gasteiger partial charge in [-0.1, -0.05) is 49.9 Å². The molecule has 0 saturated heterocycles. The molecular weight excluding hydrogens is 204 g/mol. The minimum absolute atomic E-state index is 0.322. The van der Waals surface area contributed by atoms with Gasteiger partial charge in [-0.15, -0.1) is 0 Å². The summed E-state index contributed by atoms with van der Waals surface area (Å²) in [6.07, 6.45) is 9.08. The lowest BCUT2D eigenvalue weighted by molar-refractivity contribution is 0.335. The third-order valence-electron chi connectivity index (χ3n) is 3.72. The van der Waals surface area contributed by atoms with E-state index < -0.39 is 0 Å². The molecule has 2 rings (SSSR count). The fraction of sp³-hybridized carbons (Fsp3) is 0.500. The summed E-state index contributed by atoms with van der Waals surface area (Å²) in [6.45, 7) is 2.19. The third kappa shape index (κ3) is 2.20. The van der Waals surface area contributed by atoms with Gasteiger partial charge in [-0.25, -0.2) is 0 Å². The predicted molar refractivity (Wildman–Crippen MR) is 66.2 cm³/mol. The number of benzene rings is 1. The van der Waals surface area contributed by atoms with E-state index in [2.05, 4.69) is 25.5 Å². The lowest BCUT2D eigenvalue weighted by Crippen LogP contribution is -2.28. The van der Waals surface area contributed by atoms with Crippen molar-refractivity contribution < 1.29 is 0 Å². The average Bonchev–Trinajstić information content (AvgIpc) is 2.31. The first kappa shape index (κ1) is 11.0. The number of hydrogen-bond acceptors (Lipinski definition) is 0. The Balaban J connectivity index is 2.28. The lowest BCUT2D eigenvalue weighted by Gasteiger charge is -2.37. The van der Waals surface area contributed by atoms with Crippen LogP contribution in [0.1, 0.15) is 44.6 Å². The normalized spacial score (nSPS) is 20.1. The maximum Gasteiger partial charge on any atom is 0.0406 e. The molecule has 1 aliphatic carbocycles. The molecule has 0 N–H and O–H groups in total. The quantitative estimate of drug-likeness (QED) is 0.675. The van der Waals surface area contributed by atoms with Crippen LogP contribution in [0.5, 0.6) is 0 Å². The van der Waals surface area contributed by atoms with Crippen LogP contribution in [0, 0.1) is 6.42 Å². The van der Waals surface area contributed by atoms with Gasteiger partial charge in [-0.3, -0.25) is 0 Å². The topological polar surface area (TPSA) is 0 Å². The van der Waals surface area contributed by atoms with Crippen molar-refractivity contribution >= 4 is 11.6 Å². The minimum Gasteiger partial charge on any atom is -0.0843 e. The van der Waals surface area contributed by atoms with Gasteiger partial charge in [0.25, 0.3) is 0 Å². The van der Waals surface area contributed by atoms with E-state index in [1.54, 1.807) is 0 Å². The monoisotopic (exact) mass is 221 g/mol. The van der Waals surface area contributed by atoms with E-state index in [4.69, 9.17) is 11.6 Å². The van der Waals surface area contributed by atoms with Crippen molar-refractivity contribution in [3.8, 4) is 0 Å². The van der Waals surface area contributed by atoms with Crippen LogP contribution in [0.2, 0.25) is 5.02 Å². The van der Waals surface area contributed by atoms with Gasteiger partial charge < -0.3 is 0 Å². The fourth-order valence-corrected chi connectivity index (χ4v) is 2.83. The van der Waals surface area contributed by atoms with Crippen molar-refractivity contribution in [2.45, 2.75) is 44.4 Å². The van der Waals surface area contributed by atoms with Crippen LogP contribution < -0.4 is 0 Å². The summed E-state index contributed by atoms with van der Waals surface area (Å²) in [4.78, 5) is 0. The van der Waals surface area contributed by atoms with Gasteiger partial charge in [0.1, 0.15) is 0 Å². The summed E-state index contributed by atoms with van der Waals surface area (Å²) in [5.41, 5.74) is 1.76. The van der Waals surface area contributed by atoms with Crippen molar-refractivity contribution in [3.63, 3.8) is 0 Å². The van der Waals surface area contributed by atoms with Crippen LogP contribution in [0.25, 0.3) is 0 Å². The standard InChI is InChI=1S/C14H18Cl/c1-2-14(10-4-3-5-11-14)12-6-8-13(15)9-7-12/h2,6-9H,3-5,10-11H2,1H3. The van der Waals surface area contributed by atoms with Crippen molar-refractivity contribution in [1.29, 1.82) is 0 Å². The van der Waals surface area contributed by atoms with E-state index in [-0.39, 0.29) is 0 Å². The predicted octanol–water partition coefficient (Wildman–Crippen LogP) is 4.77. The smallest absolute Gasteiger partial charge is 0.0406 e. The van der Waals surface area contributed by atoms with Crippen molar-refractivity contribution in [2.75, 3.05) is 0 Å². The van der Waals surface area contributed by atoms with Crippen LogP contribution in [-0.4, -0.2) is 0 Å². The van der Waals surface area contributed by atoms with E-state index in [0.29, 0.717) is 5.41 Å². The summed E-state index contributed by atoms with van der Waals surface area (Å²) in [5.74, 6) is 0. The second-order valence-corrected chi connectivity index (χ2v) is 4.95. The van der Waals surface area contributed by atoms with Gasteiger partial charge in [0, 0.05) is 5.02 Å². The molecule has 15 heavy (non-hydrogen) atoms. The first-order valence-electron chi connectivity index (χ1n) is 5.83. The molecule has 81 valence electrons. The molecule has 1 saturated carbocycles. The SMILES string of the molecule is C[CH]C1(c2ccc(Cl)cc2)CCCCC1. The first-order valence-corrected chi connectivity index (χ1v) is 6.21. The van der Waals surface area contributed by atoms with Crippen LogP contribution in [0.4, 0.5) is 0 Å². The average molecular weight is 222 g/mol. The molecule has 0 aromatic heterocycles. The minimum atomic E-state index is 0.322. The zero-order valence-electron chi connectivity index (χ0n) is 9.30. The highest BCUT2D eigenvalue weighted by Crippen LogP contribution is 2.41. The second kappa shape index (κ2) is 4.57. The van der Waals surface area contributed by atoms with Crippen molar-refractivity contribution in [2.24, 2.45) is 0 Å². The Labute approximate surface area is 97.6 Å². The maximum atomic E-state index is 5.93. The van der Waals surface area contributed by atoms with Gasteiger partial charge >= 0.3 is 0 Å². The van der Waals surface area contributed by atoms with Crippen molar-refractivity contribution in [1.82, 2.24) is 0 Å². The van der Waals surface area contributed by atoms with Gasteiger partial charge in [-0.2, -0.15) is 0 Å². The molecular formula is C14H18Cl. The zero-order chi connectivity index (χ0) is 10.7. The van der Waals surface area contributed by atoms with Gasteiger partial charge in [-0.05, 0) is 42.4 Å². The van der Waals surface area contributed by atoms with E-state index in [9.17, 15) is 0 Å². The molecule has 1 aliphatic rings. The molecule has 1 fully saturated rings. The highest BCUT2D eigenvalue weighted by molar-refractivity contribution is 6.30. The molecule has 1 heteroatoms. The Kier molecular flexibility index (Phi) is 3.35. The molecule has 1 radical (unpaired) electrons. The number of hydrogen-bond donors (Lipinski definition) is 0. The zero-order valence-corrected chi connectivity index (χ0v) is 10.1. The molecule has 0 bridgehead atoms. The Morgan fingerprint density at radius 3 is 2.20 bits per heavy atom. The molecule has 0 spiro atoms. The highest BCUT2D eigenvalue weighted by atomic mass is 35.5. The van der Waals surface area contributed by atoms with E-state index in [0.717, 1.165) is 5.02 Å². The first-order chi connectivity index (χ1) is 7.27. The molecule has 0 atom stereocenters. The Bertz CT molecular complexity index is 307. The van der Waals surface area contributed by atoms with Gasteiger partial charge in [0.15, 0.2) is 0 Å².